The smallest absolute Gasteiger partial charge is 0.119 e. The van der Waals surface area contributed by atoms with E-state index in [9.17, 15) is 20.4 Å². The van der Waals surface area contributed by atoms with Crippen molar-refractivity contribution < 1.29 is 20.4 Å². The second-order valence-corrected chi connectivity index (χ2v) is 15.3. The fraction of sp³-hybridized carbons (Fsp3) is 0.415. The lowest BCUT2D eigenvalue weighted by atomic mass is 9.65. The van der Waals surface area contributed by atoms with E-state index in [0.29, 0.717) is 23.0 Å². The van der Waals surface area contributed by atoms with Crippen molar-refractivity contribution in [2.24, 2.45) is 0 Å². The summed E-state index contributed by atoms with van der Waals surface area (Å²) in [4.78, 5) is 0. The number of phenolic OH excluding ortho intramolecular Hbond substituents is 4. The van der Waals surface area contributed by atoms with Crippen LogP contribution in [0.5, 0.6) is 23.0 Å². The Balaban J connectivity index is 0.000000209. The van der Waals surface area contributed by atoms with Crippen LogP contribution in [0, 0.1) is 0 Å². The van der Waals surface area contributed by atoms with Crippen molar-refractivity contribution in [3.05, 3.63) is 118 Å². The molecule has 240 valence electrons. The van der Waals surface area contributed by atoms with Crippen LogP contribution in [0.3, 0.4) is 0 Å². The van der Waals surface area contributed by atoms with E-state index >= 15 is 0 Å². The molecule has 0 aromatic heterocycles. The van der Waals surface area contributed by atoms with E-state index in [1.165, 1.54) is 30.4 Å². The van der Waals surface area contributed by atoms with E-state index in [1.807, 2.05) is 36.4 Å². The monoisotopic (exact) mass is 608 g/mol. The SMILES string of the molecule is CC(C)(C)c1cc(C(C)(C)c2ccc(O)c(C(C)(C)C)c2)ccc1O.Oc1ccc(C2(c3ccc(O)cc3)CCCCC2)cc1. The number of aromatic hydroxyl groups is 4. The van der Waals surface area contributed by atoms with Crippen molar-refractivity contribution in [3.8, 4) is 23.0 Å². The van der Waals surface area contributed by atoms with Crippen molar-refractivity contribution in [2.45, 2.75) is 109 Å². The van der Waals surface area contributed by atoms with Crippen molar-refractivity contribution in [2.75, 3.05) is 0 Å². The van der Waals surface area contributed by atoms with E-state index in [2.05, 4.69) is 67.5 Å². The van der Waals surface area contributed by atoms with Gasteiger partial charge < -0.3 is 20.4 Å². The summed E-state index contributed by atoms with van der Waals surface area (Å²) in [6, 6.07) is 27.0. The Kier molecular flexibility index (Phi) is 9.68. The molecule has 1 fully saturated rings. The zero-order valence-corrected chi connectivity index (χ0v) is 28.4. The minimum atomic E-state index is -0.235. The van der Waals surface area contributed by atoms with Crippen LogP contribution in [0.25, 0.3) is 0 Å². The topological polar surface area (TPSA) is 80.9 Å². The van der Waals surface area contributed by atoms with Crippen LogP contribution >= 0.6 is 0 Å². The van der Waals surface area contributed by atoms with Crippen molar-refractivity contribution in [1.29, 1.82) is 0 Å². The fourth-order valence-electron chi connectivity index (χ4n) is 6.68. The second kappa shape index (κ2) is 12.8. The Morgan fingerprint density at radius 1 is 0.467 bits per heavy atom. The Morgan fingerprint density at radius 2 is 0.822 bits per heavy atom. The van der Waals surface area contributed by atoms with Gasteiger partial charge in [-0.1, -0.05) is 123 Å². The lowest BCUT2D eigenvalue weighted by Crippen LogP contribution is -2.30. The van der Waals surface area contributed by atoms with Gasteiger partial charge in [-0.15, -0.1) is 0 Å². The Bertz CT molecular complexity index is 1460. The van der Waals surface area contributed by atoms with Gasteiger partial charge in [0.15, 0.2) is 0 Å². The summed E-state index contributed by atoms with van der Waals surface area (Å²) < 4.78 is 0. The van der Waals surface area contributed by atoms with E-state index in [-0.39, 0.29) is 21.7 Å². The molecule has 4 heteroatoms. The highest BCUT2D eigenvalue weighted by atomic mass is 16.3. The molecule has 4 aromatic carbocycles. The van der Waals surface area contributed by atoms with Gasteiger partial charge in [-0.2, -0.15) is 0 Å². The summed E-state index contributed by atoms with van der Waals surface area (Å²) in [6.45, 7) is 17.0. The van der Waals surface area contributed by atoms with Crippen LogP contribution in [0.1, 0.15) is 121 Å². The van der Waals surface area contributed by atoms with Gasteiger partial charge >= 0.3 is 0 Å². The molecule has 1 saturated carbocycles. The first kappa shape index (κ1) is 34.0. The Morgan fingerprint density at radius 3 is 1.16 bits per heavy atom. The molecule has 4 nitrogen and oxygen atoms in total. The molecule has 4 N–H and O–H groups in total. The van der Waals surface area contributed by atoms with E-state index < -0.39 is 0 Å². The number of benzene rings is 4. The second-order valence-electron chi connectivity index (χ2n) is 15.3. The minimum Gasteiger partial charge on any atom is -0.508 e. The van der Waals surface area contributed by atoms with Crippen molar-refractivity contribution >= 4 is 0 Å². The van der Waals surface area contributed by atoms with Gasteiger partial charge in [-0.05, 0) is 93.5 Å². The highest BCUT2D eigenvalue weighted by Gasteiger charge is 2.35. The van der Waals surface area contributed by atoms with E-state index in [1.54, 1.807) is 36.4 Å². The maximum absolute atomic E-state index is 10.3. The summed E-state index contributed by atoms with van der Waals surface area (Å²) >= 11 is 0. The van der Waals surface area contributed by atoms with Crippen LogP contribution in [0.15, 0.2) is 84.9 Å². The molecule has 0 unspecified atom stereocenters. The van der Waals surface area contributed by atoms with Gasteiger partial charge in [0.25, 0.3) is 0 Å². The average molecular weight is 609 g/mol. The molecule has 0 spiro atoms. The molecule has 1 aliphatic carbocycles. The number of phenols is 4. The maximum Gasteiger partial charge on any atom is 0.119 e. The van der Waals surface area contributed by atoms with Gasteiger partial charge in [0.1, 0.15) is 23.0 Å². The molecular weight excluding hydrogens is 556 g/mol. The lowest BCUT2D eigenvalue weighted by molar-refractivity contribution is 0.345. The third-order valence-corrected chi connectivity index (χ3v) is 9.60. The van der Waals surface area contributed by atoms with E-state index in [0.717, 1.165) is 35.1 Å². The molecule has 45 heavy (non-hydrogen) atoms. The van der Waals surface area contributed by atoms with Crippen LogP contribution in [-0.2, 0) is 21.7 Å². The summed E-state index contributed by atoms with van der Waals surface area (Å²) in [7, 11) is 0. The predicted octanol–water partition coefficient (Wildman–Crippen LogP) is 10.4. The molecule has 0 heterocycles. The van der Waals surface area contributed by atoms with E-state index in [4.69, 9.17) is 0 Å². The van der Waals surface area contributed by atoms with Crippen molar-refractivity contribution in [3.63, 3.8) is 0 Å². The van der Waals surface area contributed by atoms with Gasteiger partial charge in [0.05, 0.1) is 0 Å². The summed E-state index contributed by atoms with van der Waals surface area (Å²) in [6.07, 6.45) is 5.99. The maximum atomic E-state index is 10.3. The average Bonchev–Trinajstić information content (AvgIpc) is 2.97. The minimum absolute atomic E-state index is 0.0274. The molecule has 1 aliphatic rings. The third kappa shape index (κ3) is 7.49. The molecule has 0 radical (unpaired) electrons. The molecule has 0 bridgehead atoms. The lowest BCUT2D eigenvalue weighted by Gasteiger charge is -2.38. The third-order valence-electron chi connectivity index (χ3n) is 9.60. The summed E-state index contributed by atoms with van der Waals surface area (Å²) in [5.74, 6) is 1.30. The summed E-state index contributed by atoms with van der Waals surface area (Å²) in [5.41, 5.74) is 6.29. The first-order valence-corrected chi connectivity index (χ1v) is 16.2. The van der Waals surface area contributed by atoms with Crippen LogP contribution in [-0.4, -0.2) is 20.4 Å². The van der Waals surface area contributed by atoms with Gasteiger partial charge in [-0.25, -0.2) is 0 Å². The number of hydrogen-bond donors (Lipinski definition) is 4. The molecule has 0 amide bonds. The highest BCUT2D eigenvalue weighted by Crippen LogP contribution is 2.45. The van der Waals surface area contributed by atoms with Gasteiger partial charge in [0, 0.05) is 10.8 Å². The van der Waals surface area contributed by atoms with Crippen LogP contribution in [0.4, 0.5) is 0 Å². The normalized spacial score (nSPS) is 15.2. The molecule has 0 atom stereocenters. The Labute approximate surface area is 270 Å². The van der Waals surface area contributed by atoms with Crippen LogP contribution in [0.2, 0.25) is 0 Å². The number of rotatable bonds is 4. The van der Waals surface area contributed by atoms with Gasteiger partial charge in [0.2, 0.25) is 0 Å². The first-order chi connectivity index (χ1) is 20.9. The standard InChI is InChI=1S/C23H32O2.C18H20O2/c1-21(2,3)17-13-15(9-11-19(17)24)23(7,8)16-10-12-20(25)18(14-16)22(4,5)6;19-16-8-4-14(5-9-16)18(12-2-1-3-13-18)15-6-10-17(20)11-7-15/h9-14,24-25H,1-8H3;4-11,19-20H,1-3,12-13H2. The van der Waals surface area contributed by atoms with Gasteiger partial charge in [-0.3, -0.25) is 0 Å². The molecule has 4 aromatic rings. The predicted molar refractivity (Wildman–Crippen MR) is 186 cm³/mol. The zero-order chi connectivity index (χ0) is 33.2. The molecule has 0 aliphatic heterocycles. The summed E-state index contributed by atoms with van der Waals surface area (Å²) in [5, 5.41) is 39.5. The fourth-order valence-corrected chi connectivity index (χ4v) is 6.68. The Hall–Kier alpha value is -3.92. The largest absolute Gasteiger partial charge is 0.508 e. The van der Waals surface area contributed by atoms with Crippen LogP contribution < -0.4 is 0 Å². The number of hydrogen-bond acceptors (Lipinski definition) is 4. The zero-order valence-electron chi connectivity index (χ0n) is 28.4. The highest BCUT2D eigenvalue weighted by molar-refractivity contribution is 5.50. The van der Waals surface area contributed by atoms with Crippen molar-refractivity contribution in [1.82, 2.24) is 0 Å². The molecular formula is C41H52O4. The first-order valence-electron chi connectivity index (χ1n) is 16.2. The molecule has 0 saturated heterocycles. The quantitative estimate of drug-likeness (QED) is 0.186. The molecule has 5 rings (SSSR count).